The maximum absolute atomic E-state index is 12.1. The second-order valence-corrected chi connectivity index (χ2v) is 6.80. The number of nitrogens with zero attached hydrogens (tertiary/aromatic N) is 2. The fraction of sp³-hybridized carbons (Fsp3) is 0.533. The highest BCUT2D eigenvalue weighted by molar-refractivity contribution is 7.20. The van der Waals surface area contributed by atoms with Crippen LogP contribution in [-0.2, 0) is 4.74 Å². The number of fused-ring (bicyclic) bond motifs is 1. The van der Waals surface area contributed by atoms with E-state index in [4.69, 9.17) is 16.3 Å². The van der Waals surface area contributed by atoms with Crippen molar-refractivity contribution in [2.45, 2.75) is 32.7 Å². The van der Waals surface area contributed by atoms with Gasteiger partial charge in [0.25, 0.3) is 0 Å². The van der Waals surface area contributed by atoms with Crippen LogP contribution in [-0.4, -0.2) is 41.7 Å². The third kappa shape index (κ3) is 3.41. The Morgan fingerprint density at radius 2 is 2.17 bits per heavy atom. The second-order valence-electron chi connectivity index (χ2n) is 5.47. The molecule has 6 nitrogen and oxygen atoms in total. The molecular formula is C15H19ClN4O2S. The number of thiophene rings is 1. The molecular weight excluding hydrogens is 336 g/mol. The zero-order chi connectivity index (χ0) is 16.4. The predicted molar refractivity (Wildman–Crippen MR) is 92.6 cm³/mol. The van der Waals surface area contributed by atoms with Crippen molar-refractivity contribution in [3.63, 3.8) is 0 Å². The van der Waals surface area contributed by atoms with E-state index in [1.165, 1.54) is 11.3 Å². The zero-order valence-corrected chi connectivity index (χ0v) is 14.7. The van der Waals surface area contributed by atoms with E-state index in [1.54, 1.807) is 6.92 Å². The molecule has 0 saturated carbocycles. The fourth-order valence-corrected chi connectivity index (χ4v) is 4.06. The summed E-state index contributed by atoms with van der Waals surface area (Å²) in [7, 11) is 0. The molecule has 1 aliphatic rings. The highest BCUT2D eigenvalue weighted by Gasteiger charge is 2.23. The summed E-state index contributed by atoms with van der Waals surface area (Å²) < 4.78 is 5.12. The van der Waals surface area contributed by atoms with E-state index in [2.05, 4.69) is 20.6 Å². The van der Waals surface area contributed by atoms with Crippen LogP contribution in [0.2, 0.25) is 5.28 Å². The lowest BCUT2D eigenvalue weighted by molar-refractivity contribution is 0.0531. The number of anilines is 1. The molecule has 0 atom stereocenters. The molecule has 0 aromatic carbocycles. The van der Waals surface area contributed by atoms with Gasteiger partial charge in [-0.3, -0.25) is 0 Å². The number of carbonyl (C=O) groups is 1. The van der Waals surface area contributed by atoms with E-state index < -0.39 is 0 Å². The minimum atomic E-state index is -0.322. The van der Waals surface area contributed by atoms with Crippen LogP contribution >= 0.6 is 22.9 Å². The Labute approximate surface area is 143 Å². The molecule has 0 unspecified atom stereocenters. The van der Waals surface area contributed by atoms with Gasteiger partial charge in [0, 0.05) is 6.04 Å². The number of rotatable bonds is 4. The van der Waals surface area contributed by atoms with E-state index in [0.29, 0.717) is 28.2 Å². The van der Waals surface area contributed by atoms with Gasteiger partial charge in [-0.1, -0.05) is 0 Å². The minimum Gasteiger partial charge on any atom is -0.462 e. The molecule has 1 aliphatic heterocycles. The van der Waals surface area contributed by atoms with Crippen LogP contribution in [0.4, 0.5) is 5.82 Å². The number of esters is 1. The molecule has 2 aromatic rings. The van der Waals surface area contributed by atoms with E-state index in [-0.39, 0.29) is 11.3 Å². The molecule has 1 saturated heterocycles. The van der Waals surface area contributed by atoms with Crippen LogP contribution in [0, 0.1) is 6.92 Å². The lowest BCUT2D eigenvalue weighted by Crippen LogP contribution is -2.35. The van der Waals surface area contributed by atoms with Crippen molar-refractivity contribution in [1.29, 1.82) is 0 Å². The van der Waals surface area contributed by atoms with Crippen molar-refractivity contribution in [3.05, 3.63) is 15.7 Å². The standard InChI is InChI=1S/C15H19ClN4O2S/c1-3-22-14(21)11-8(2)10-12(18-9-4-6-17-7-5-9)19-15(16)20-13(10)23-11/h9,17H,3-7H2,1-2H3,(H,18,19,20). The van der Waals surface area contributed by atoms with Gasteiger partial charge in [-0.25, -0.2) is 14.8 Å². The molecule has 0 aliphatic carbocycles. The van der Waals surface area contributed by atoms with Gasteiger partial charge < -0.3 is 15.4 Å². The van der Waals surface area contributed by atoms with Gasteiger partial charge in [-0.2, -0.15) is 0 Å². The summed E-state index contributed by atoms with van der Waals surface area (Å²) in [5, 5.41) is 7.85. The van der Waals surface area contributed by atoms with E-state index >= 15 is 0 Å². The molecule has 8 heteroatoms. The Balaban J connectivity index is 2.01. The van der Waals surface area contributed by atoms with E-state index in [0.717, 1.165) is 36.9 Å². The third-order valence-electron chi connectivity index (χ3n) is 3.90. The summed E-state index contributed by atoms with van der Waals surface area (Å²) in [6.45, 7) is 6.00. The van der Waals surface area contributed by atoms with Crippen molar-refractivity contribution < 1.29 is 9.53 Å². The highest BCUT2D eigenvalue weighted by Crippen LogP contribution is 2.35. The Bertz CT molecular complexity index is 728. The van der Waals surface area contributed by atoms with Gasteiger partial charge in [-0.05, 0) is 56.9 Å². The quantitative estimate of drug-likeness (QED) is 0.649. The Morgan fingerprint density at radius 3 is 2.87 bits per heavy atom. The van der Waals surface area contributed by atoms with Crippen molar-refractivity contribution >= 4 is 44.9 Å². The third-order valence-corrected chi connectivity index (χ3v) is 5.24. The minimum absolute atomic E-state index is 0.186. The van der Waals surface area contributed by atoms with Gasteiger partial charge >= 0.3 is 5.97 Å². The SMILES string of the molecule is CCOC(=O)c1sc2nc(Cl)nc(NC3CCNCC3)c2c1C. The first-order valence-corrected chi connectivity index (χ1v) is 8.90. The molecule has 23 heavy (non-hydrogen) atoms. The molecule has 1 fully saturated rings. The summed E-state index contributed by atoms with van der Waals surface area (Å²) in [6, 6.07) is 0.343. The van der Waals surface area contributed by atoms with Crippen LogP contribution in [0.5, 0.6) is 0 Å². The first kappa shape index (κ1) is 16.4. The normalized spacial score (nSPS) is 15.8. The van der Waals surface area contributed by atoms with E-state index in [1.807, 2.05) is 6.92 Å². The Morgan fingerprint density at radius 1 is 1.43 bits per heavy atom. The van der Waals surface area contributed by atoms with Crippen molar-refractivity contribution in [3.8, 4) is 0 Å². The maximum atomic E-state index is 12.1. The number of aryl methyl sites for hydroxylation is 1. The van der Waals surface area contributed by atoms with Gasteiger partial charge in [0.2, 0.25) is 5.28 Å². The number of halogens is 1. The number of hydrogen-bond acceptors (Lipinski definition) is 7. The predicted octanol–water partition coefficient (Wildman–Crippen LogP) is 2.99. The highest BCUT2D eigenvalue weighted by atomic mass is 35.5. The topological polar surface area (TPSA) is 76.1 Å². The van der Waals surface area contributed by atoms with Gasteiger partial charge in [0.1, 0.15) is 15.5 Å². The molecule has 124 valence electrons. The summed E-state index contributed by atoms with van der Waals surface area (Å²) >= 11 is 7.36. The summed E-state index contributed by atoms with van der Waals surface area (Å²) in [5.41, 5.74) is 0.844. The number of ether oxygens (including phenoxy) is 1. The first-order valence-electron chi connectivity index (χ1n) is 7.71. The smallest absolute Gasteiger partial charge is 0.348 e. The van der Waals surface area contributed by atoms with Crippen LogP contribution in [0.15, 0.2) is 0 Å². The molecule has 3 heterocycles. The van der Waals surface area contributed by atoms with Crippen LogP contribution in [0.1, 0.15) is 35.0 Å². The number of carbonyl (C=O) groups excluding carboxylic acids is 1. The average Bonchev–Trinajstić information content (AvgIpc) is 2.85. The van der Waals surface area contributed by atoms with E-state index in [9.17, 15) is 4.79 Å². The molecule has 3 rings (SSSR count). The fourth-order valence-electron chi connectivity index (χ4n) is 2.77. The van der Waals surface area contributed by atoms with Crippen LogP contribution < -0.4 is 10.6 Å². The van der Waals surface area contributed by atoms with Crippen molar-refractivity contribution in [1.82, 2.24) is 15.3 Å². The monoisotopic (exact) mass is 354 g/mol. The zero-order valence-electron chi connectivity index (χ0n) is 13.1. The molecule has 0 amide bonds. The first-order chi connectivity index (χ1) is 11.1. The number of nitrogens with one attached hydrogen (secondary N) is 2. The molecule has 2 N–H and O–H groups in total. The van der Waals surface area contributed by atoms with Crippen LogP contribution in [0.3, 0.4) is 0 Å². The largest absolute Gasteiger partial charge is 0.462 e. The van der Waals surface area contributed by atoms with Gasteiger partial charge in [0.05, 0.1) is 12.0 Å². The average molecular weight is 355 g/mol. The lowest BCUT2D eigenvalue weighted by atomic mass is 10.1. The maximum Gasteiger partial charge on any atom is 0.348 e. The number of aromatic nitrogens is 2. The van der Waals surface area contributed by atoms with Crippen molar-refractivity contribution in [2.75, 3.05) is 25.0 Å². The number of hydrogen-bond donors (Lipinski definition) is 2. The molecule has 2 aromatic heterocycles. The van der Waals surface area contributed by atoms with Crippen LogP contribution in [0.25, 0.3) is 10.2 Å². The summed E-state index contributed by atoms with van der Waals surface area (Å²) in [4.78, 5) is 22.0. The van der Waals surface area contributed by atoms with Crippen molar-refractivity contribution in [2.24, 2.45) is 0 Å². The molecule has 0 spiro atoms. The Kier molecular flexibility index (Phi) is 4.99. The van der Waals surface area contributed by atoms with Gasteiger partial charge in [-0.15, -0.1) is 11.3 Å². The summed E-state index contributed by atoms with van der Waals surface area (Å²) in [5.74, 6) is 0.383. The molecule has 0 bridgehead atoms. The second kappa shape index (κ2) is 6.98. The Hall–Kier alpha value is -1.44. The number of piperidine rings is 1. The lowest BCUT2D eigenvalue weighted by Gasteiger charge is -2.24. The summed E-state index contributed by atoms with van der Waals surface area (Å²) in [6.07, 6.45) is 2.05. The molecule has 0 radical (unpaired) electrons. The van der Waals surface area contributed by atoms with Gasteiger partial charge in [0.15, 0.2) is 0 Å².